The first-order valence-corrected chi connectivity index (χ1v) is 11.4. The van der Waals surface area contributed by atoms with E-state index in [0.717, 1.165) is 56.8 Å². The van der Waals surface area contributed by atoms with Crippen LogP contribution in [0.15, 0.2) is 42.5 Å². The fraction of sp³-hybridized carbons (Fsp3) is 0.480. The first-order valence-electron chi connectivity index (χ1n) is 11.4. The van der Waals surface area contributed by atoms with Gasteiger partial charge in [0.1, 0.15) is 5.75 Å². The minimum atomic E-state index is -0.128. The number of phenolic OH excluding ortho intramolecular Hbond substituents is 1. The molecule has 0 bridgehead atoms. The van der Waals surface area contributed by atoms with Crippen molar-refractivity contribution in [3.05, 3.63) is 53.6 Å². The molecular formula is C25H33N3O2. The molecule has 4 rings (SSSR count). The maximum Gasteiger partial charge on any atom is 0.255 e. The van der Waals surface area contributed by atoms with Crippen LogP contribution in [0.4, 0.5) is 11.4 Å². The van der Waals surface area contributed by atoms with Gasteiger partial charge in [0.2, 0.25) is 0 Å². The molecule has 2 aromatic carbocycles. The van der Waals surface area contributed by atoms with E-state index in [2.05, 4.69) is 34.2 Å². The third-order valence-electron chi connectivity index (χ3n) is 6.64. The van der Waals surface area contributed by atoms with Crippen molar-refractivity contribution in [1.82, 2.24) is 4.90 Å². The lowest BCUT2D eigenvalue weighted by Gasteiger charge is -2.35. The third kappa shape index (κ3) is 4.78. The van der Waals surface area contributed by atoms with Crippen molar-refractivity contribution in [2.75, 3.05) is 42.9 Å². The number of piperazine rings is 1. The van der Waals surface area contributed by atoms with E-state index in [-0.39, 0.29) is 5.91 Å². The summed E-state index contributed by atoms with van der Waals surface area (Å²) in [7, 11) is 0. The number of carbonyl (C=O) groups excluding carboxylic acids is 1. The summed E-state index contributed by atoms with van der Waals surface area (Å²) in [5, 5.41) is 13.3. The number of amides is 1. The van der Waals surface area contributed by atoms with Crippen molar-refractivity contribution >= 4 is 17.3 Å². The van der Waals surface area contributed by atoms with Crippen LogP contribution in [-0.2, 0) is 0 Å². The molecule has 1 aliphatic carbocycles. The predicted molar refractivity (Wildman–Crippen MR) is 123 cm³/mol. The van der Waals surface area contributed by atoms with E-state index in [4.69, 9.17) is 0 Å². The van der Waals surface area contributed by atoms with Gasteiger partial charge in [-0.25, -0.2) is 0 Å². The number of anilines is 2. The summed E-state index contributed by atoms with van der Waals surface area (Å²) in [5.74, 6) is 0.543. The van der Waals surface area contributed by atoms with E-state index in [1.54, 1.807) is 12.1 Å². The van der Waals surface area contributed by atoms with Crippen LogP contribution in [0.2, 0.25) is 0 Å². The zero-order valence-electron chi connectivity index (χ0n) is 17.9. The Kier molecular flexibility index (Phi) is 6.58. The Morgan fingerprint density at radius 2 is 1.70 bits per heavy atom. The molecule has 1 saturated heterocycles. The van der Waals surface area contributed by atoms with Crippen molar-refractivity contribution in [2.45, 2.75) is 44.9 Å². The Labute approximate surface area is 179 Å². The number of rotatable bonds is 5. The number of phenols is 1. The highest BCUT2D eigenvalue weighted by atomic mass is 16.3. The van der Waals surface area contributed by atoms with E-state index in [0.29, 0.717) is 17.2 Å². The van der Waals surface area contributed by atoms with Crippen LogP contribution in [0, 0.1) is 0 Å². The molecule has 1 aliphatic heterocycles. The average Bonchev–Trinajstić information content (AvgIpc) is 2.80. The highest BCUT2D eigenvalue weighted by Crippen LogP contribution is 2.37. The number of nitrogens with zero attached hydrogens (tertiary/aromatic N) is 2. The van der Waals surface area contributed by atoms with Gasteiger partial charge in [0.05, 0.1) is 0 Å². The highest BCUT2D eigenvalue weighted by Gasteiger charge is 2.20. The van der Waals surface area contributed by atoms with Gasteiger partial charge in [-0.15, -0.1) is 0 Å². The van der Waals surface area contributed by atoms with Crippen molar-refractivity contribution in [1.29, 1.82) is 0 Å². The summed E-state index contributed by atoms with van der Waals surface area (Å²) < 4.78 is 0. The highest BCUT2D eigenvalue weighted by molar-refractivity contribution is 6.04. The molecule has 1 saturated carbocycles. The van der Waals surface area contributed by atoms with Gasteiger partial charge in [0.15, 0.2) is 0 Å². The summed E-state index contributed by atoms with van der Waals surface area (Å²) in [5.41, 5.74) is 3.52. The van der Waals surface area contributed by atoms with Gasteiger partial charge >= 0.3 is 0 Å². The Morgan fingerprint density at radius 1 is 1.00 bits per heavy atom. The molecule has 2 aliphatic rings. The first-order chi connectivity index (χ1) is 14.6. The van der Waals surface area contributed by atoms with Crippen LogP contribution in [0.1, 0.15) is 60.9 Å². The van der Waals surface area contributed by atoms with Crippen molar-refractivity contribution in [2.24, 2.45) is 0 Å². The number of likely N-dealkylation sites (N-methyl/N-ethyl adjacent to an activating group) is 1. The standard InChI is InChI=1S/C25H33N3O2/c1-2-27-14-16-28(17-15-27)22-11-9-21(10-12-22)26-25(30)20-8-13-24(29)23(18-20)19-6-4-3-5-7-19/h8-13,18-19,29H,2-7,14-17H2,1H3,(H,26,30). The van der Waals surface area contributed by atoms with Gasteiger partial charge < -0.3 is 20.2 Å². The molecule has 2 fully saturated rings. The van der Waals surface area contributed by atoms with Crippen LogP contribution >= 0.6 is 0 Å². The molecule has 2 aromatic rings. The van der Waals surface area contributed by atoms with Gasteiger partial charge in [-0.3, -0.25) is 4.79 Å². The van der Waals surface area contributed by atoms with Gasteiger partial charge in [0, 0.05) is 43.1 Å². The minimum absolute atomic E-state index is 0.128. The van der Waals surface area contributed by atoms with Crippen LogP contribution in [0.3, 0.4) is 0 Å². The molecule has 0 spiro atoms. The number of aromatic hydroxyl groups is 1. The number of hydrogen-bond acceptors (Lipinski definition) is 4. The van der Waals surface area contributed by atoms with Gasteiger partial charge in [-0.2, -0.15) is 0 Å². The zero-order valence-corrected chi connectivity index (χ0v) is 17.9. The summed E-state index contributed by atoms with van der Waals surface area (Å²) in [6.07, 6.45) is 5.84. The summed E-state index contributed by atoms with van der Waals surface area (Å²) >= 11 is 0. The monoisotopic (exact) mass is 407 g/mol. The van der Waals surface area contributed by atoms with Crippen LogP contribution < -0.4 is 10.2 Å². The zero-order chi connectivity index (χ0) is 20.9. The quantitative estimate of drug-likeness (QED) is 0.745. The van der Waals surface area contributed by atoms with Crippen LogP contribution in [0.5, 0.6) is 5.75 Å². The Hall–Kier alpha value is -2.53. The fourth-order valence-electron chi connectivity index (χ4n) is 4.72. The molecule has 0 aromatic heterocycles. The van der Waals surface area contributed by atoms with E-state index in [9.17, 15) is 9.90 Å². The second-order valence-corrected chi connectivity index (χ2v) is 8.53. The molecule has 0 unspecified atom stereocenters. The first kappa shape index (κ1) is 20.7. The second-order valence-electron chi connectivity index (χ2n) is 8.53. The number of benzene rings is 2. The maximum atomic E-state index is 12.8. The lowest BCUT2D eigenvalue weighted by molar-refractivity contribution is 0.102. The van der Waals surface area contributed by atoms with E-state index in [1.807, 2.05) is 18.2 Å². The largest absolute Gasteiger partial charge is 0.508 e. The maximum absolute atomic E-state index is 12.8. The molecule has 1 heterocycles. The lowest BCUT2D eigenvalue weighted by atomic mass is 9.83. The van der Waals surface area contributed by atoms with Crippen LogP contribution in [-0.4, -0.2) is 48.6 Å². The molecule has 30 heavy (non-hydrogen) atoms. The van der Waals surface area contributed by atoms with Crippen LogP contribution in [0.25, 0.3) is 0 Å². The lowest BCUT2D eigenvalue weighted by Crippen LogP contribution is -2.46. The molecule has 5 heteroatoms. The SMILES string of the molecule is CCN1CCN(c2ccc(NC(=O)c3ccc(O)c(C4CCCCC4)c3)cc2)CC1. The number of hydrogen-bond donors (Lipinski definition) is 2. The molecule has 2 N–H and O–H groups in total. The number of carbonyl (C=O) groups is 1. The predicted octanol–water partition coefficient (Wildman–Crippen LogP) is 4.83. The molecule has 160 valence electrons. The minimum Gasteiger partial charge on any atom is -0.508 e. The summed E-state index contributed by atoms with van der Waals surface area (Å²) in [6.45, 7) is 7.59. The van der Waals surface area contributed by atoms with Gasteiger partial charge in [-0.05, 0) is 73.3 Å². The van der Waals surface area contributed by atoms with Gasteiger partial charge in [0.25, 0.3) is 5.91 Å². The number of nitrogens with one attached hydrogen (secondary N) is 1. The molecule has 5 nitrogen and oxygen atoms in total. The molecular weight excluding hydrogens is 374 g/mol. The molecule has 0 atom stereocenters. The Morgan fingerprint density at radius 3 is 2.37 bits per heavy atom. The topological polar surface area (TPSA) is 55.8 Å². The Bertz CT molecular complexity index is 851. The van der Waals surface area contributed by atoms with E-state index < -0.39 is 0 Å². The Balaban J connectivity index is 1.40. The summed E-state index contributed by atoms with van der Waals surface area (Å²) in [4.78, 5) is 17.7. The third-order valence-corrected chi connectivity index (χ3v) is 6.64. The van der Waals surface area contributed by atoms with Crippen molar-refractivity contribution in [3.8, 4) is 5.75 Å². The average molecular weight is 408 g/mol. The summed E-state index contributed by atoms with van der Waals surface area (Å²) in [6, 6.07) is 13.4. The smallest absolute Gasteiger partial charge is 0.255 e. The normalized spacial score (nSPS) is 18.4. The fourth-order valence-corrected chi connectivity index (χ4v) is 4.72. The second kappa shape index (κ2) is 9.52. The molecule has 0 radical (unpaired) electrons. The van der Waals surface area contributed by atoms with E-state index >= 15 is 0 Å². The van der Waals surface area contributed by atoms with Crippen molar-refractivity contribution < 1.29 is 9.90 Å². The van der Waals surface area contributed by atoms with E-state index in [1.165, 1.54) is 24.9 Å². The molecule has 1 amide bonds. The van der Waals surface area contributed by atoms with Gasteiger partial charge in [-0.1, -0.05) is 26.2 Å². The van der Waals surface area contributed by atoms with Crippen molar-refractivity contribution in [3.63, 3.8) is 0 Å².